The fraction of sp³-hybridized carbons (Fsp3) is 0.214. The van der Waals surface area contributed by atoms with Gasteiger partial charge in [-0.1, -0.05) is 11.6 Å². The van der Waals surface area contributed by atoms with E-state index in [0.717, 1.165) is 15.0 Å². The molecule has 2 aromatic heterocycles. The van der Waals surface area contributed by atoms with Crippen molar-refractivity contribution >= 4 is 33.0 Å². The molecule has 20 heavy (non-hydrogen) atoms. The summed E-state index contributed by atoms with van der Waals surface area (Å²) in [5, 5.41) is 15.8. The maximum absolute atomic E-state index is 13.2. The molecular weight excluding hydrogens is 299 g/mol. The van der Waals surface area contributed by atoms with Crippen molar-refractivity contribution in [3.05, 3.63) is 51.9 Å². The van der Waals surface area contributed by atoms with Gasteiger partial charge in [0, 0.05) is 16.1 Å². The second-order valence-electron chi connectivity index (χ2n) is 4.43. The Balaban J connectivity index is 2.07. The predicted molar refractivity (Wildman–Crippen MR) is 78.8 cm³/mol. The van der Waals surface area contributed by atoms with Crippen molar-refractivity contribution in [1.82, 2.24) is 9.78 Å². The van der Waals surface area contributed by atoms with E-state index >= 15 is 0 Å². The summed E-state index contributed by atoms with van der Waals surface area (Å²) in [5.74, 6) is -0.284. The number of benzene rings is 1. The highest BCUT2D eigenvalue weighted by Crippen LogP contribution is 2.35. The lowest BCUT2D eigenvalue weighted by Gasteiger charge is -2.11. The normalized spacial score (nSPS) is 13.0. The third kappa shape index (κ3) is 2.22. The Labute approximate surface area is 124 Å². The number of hydrogen-bond acceptors (Lipinski definition) is 3. The molecule has 0 radical (unpaired) electrons. The first-order valence-electron chi connectivity index (χ1n) is 6.18. The Hall–Kier alpha value is -1.43. The molecule has 0 fully saturated rings. The molecule has 1 aromatic carbocycles. The lowest BCUT2D eigenvalue weighted by atomic mass is 10.2. The first kappa shape index (κ1) is 13.5. The number of halogens is 2. The Bertz CT molecular complexity index is 768. The number of rotatable bonds is 3. The SMILES string of the molecule is CCn1ncc(Cl)c1C(O)c1cc2cc(F)ccc2s1. The van der Waals surface area contributed by atoms with E-state index in [9.17, 15) is 9.50 Å². The van der Waals surface area contributed by atoms with Crippen LogP contribution in [0.4, 0.5) is 4.39 Å². The Morgan fingerprint density at radius 1 is 1.45 bits per heavy atom. The highest BCUT2D eigenvalue weighted by molar-refractivity contribution is 7.19. The van der Waals surface area contributed by atoms with Crippen molar-refractivity contribution in [3.63, 3.8) is 0 Å². The van der Waals surface area contributed by atoms with E-state index in [1.165, 1.54) is 29.7 Å². The van der Waals surface area contributed by atoms with E-state index in [-0.39, 0.29) is 5.82 Å². The molecular formula is C14H12ClFN2OS. The molecule has 1 atom stereocenters. The van der Waals surface area contributed by atoms with Crippen LogP contribution in [0.3, 0.4) is 0 Å². The van der Waals surface area contributed by atoms with Crippen molar-refractivity contribution in [2.24, 2.45) is 0 Å². The molecule has 3 aromatic rings. The van der Waals surface area contributed by atoms with Gasteiger partial charge in [-0.2, -0.15) is 5.10 Å². The van der Waals surface area contributed by atoms with Gasteiger partial charge in [-0.25, -0.2) is 4.39 Å². The highest BCUT2D eigenvalue weighted by atomic mass is 35.5. The second-order valence-corrected chi connectivity index (χ2v) is 5.95. The lowest BCUT2D eigenvalue weighted by molar-refractivity contribution is 0.212. The summed E-state index contributed by atoms with van der Waals surface area (Å²) >= 11 is 7.52. The van der Waals surface area contributed by atoms with Crippen LogP contribution in [0, 0.1) is 5.82 Å². The molecule has 0 aliphatic carbocycles. The van der Waals surface area contributed by atoms with E-state index in [4.69, 9.17) is 11.6 Å². The molecule has 3 nitrogen and oxygen atoms in total. The molecule has 0 bridgehead atoms. The summed E-state index contributed by atoms with van der Waals surface area (Å²) in [7, 11) is 0. The molecule has 0 aliphatic heterocycles. The standard InChI is InChI=1S/C14H12ClFN2OS/c1-2-18-13(10(15)7-17-18)14(19)12-6-8-5-9(16)3-4-11(8)20-12/h3-7,14,19H,2H2,1H3. The molecule has 0 saturated heterocycles. The minimum Gasteiger partial charge on any atom is -0.381 e. The van der Waals surface area contributed by atoms with Gasteiger partial charge in [0.05, 0.1) is 16.9 Å². The average molecular weight is 311 g/mol. The third-order valence-electron chi connectivity index (χ3n) is 3.16. The van der Waals surface area contributed by atoms with E-state index in [1.54, 1.807) is 16.8 Å². The van der Waals surface area contributed by atoms with Gasteiger partial charge in [-0.05, 0) is 36.6 Å². The first-order valence-corrected chi connectivity index (χ1v) is 7.38. The number of aliphatic hydroxyl groups excluding tert-OH is 1. The largest absolute Gasteiger partial charge is 0.381 e. The number of aromatic nitrogens is 2. The summed E-state index contributed by atoms with van der Waals surface area (Å²) < 4.78 is 15.8. The van der Waals surface area contributed by atoms with Crippen molar-refractivity contribution in [2.75, 3.05) is 0 Å². The smallest absolute Gasteiger partial charge is 0.131 e. The van der Waals surface area contributed by atoms with Crippen molar-refractivity contribution in [3.8, 4) is 0 Å². The lowest BCUT2D eigenvalue weighted by Crippen LogP contribution is -2.08. The number of fused-ring (bicyclic) bond motifs is 1. The number of thiophene rings is 1. The molecule has 0 saturated carbocycles. The number of hydrogen-bond donors (Lipinski definition) is 1. The molecule has 0 amide bonds. The van der Waals surface area contributed by atoms with Gasteiger partial charge in [0.15, 0.2) is 0 Å². The summed E-state index contributed by atoms with van der Waals surface area (Å²) in [6.45, 7) is 2.55. The summed E-state index contributed by atoms with van der Waals surface area (Å²) in [5.41, 5.74) is 0.571. The van der Waals surface area contributed by atoms with Crippen LogP contribution in [0.2, 0.25) is 5.02 Å². The molecule has 6 heteroatoms. The quantitative estimate of drug-likeness (QED) is 0.794. The van der Waals surface area contributed by atoms with E-state index in [1.807, 2.05) is 6.92 Å². The number of aliphatic hydroxyl groups is 1. The zero-order valence-electron chi connectivity index (χ0n) is 10.7. The average Bonchev–Trinajstić information content (AvgIpc) is 3.00. The molecule has 2 heterocycles. The van der Waals surface area contributed by atoms with E-state index in [2.05, 4.69) is 5.10 Å². The molecule has 3 rings (SSSR count). The molecule has 1 N–H and O–H groups in total. The van der Waals surface area contributed by atoms with Crippen LogP contribution >= 0.6 is 22.9 Å². The van der Waals surface area contributed by atoms with Gasteiger partial charge in [0.2, 0.25) is 0 Å². The second kappa shape index (κ2) is 5.16. The van der Waals surface area contributed by atoms with Crippen LogP contribution in [0.1, 0.15) is 23.6 Å². The van der Waals surface area contributed by atoms with Crippen LogP contribution in [0.25, 0.3) is 10.1 Å². The minimum atomic E-state index is -0.856. The van der Waals surface area contributed by atoms with Crippen molar-refractivity contribution < 1.29 is 9.50 Å². The van der Waals surface area contributed by atoms with Crippen molar-refractivity contribution in [2.45, 2.75) is 19.6 Å². The summed E-state index contributed by atoms with van der Waals surface area (Å²) in [6, 6.07) is 6.38. The minimum absolute atomic E-state index is 0.284. The monoisotopic (exact) mass is 310 g/mol. The maximum Gasteiger partial charge on any atom is 0.131 e. The maximum atomic E-state index is 13.2. The Morgan fingerprint density at radius 2 is 2.25 bits per heavy atom. The van der Waals surface area contributed by atoms with Gasteiger partial charge in [0.25, 0.3) is 0 Å². The fourth-order valence-electron chi connectivity index (χ4n) is 2.20. The number of nitrogens with zero attached hydrogens (tertiary/aromatic N) is 2. The van der Waals surface area contributed by atoms with Gasteiger partial charge in [-0.3, -0.25) is 4.68 Å². The van der Waals surface area contributed by atoms with Crippen LogP contribution in [-0.2, 0) is 6.54 Å². The van der Waals surface area contributed by atoms with E-state index in [0.29, 0.717) is 17.3 Å². The van der Waals surface area contributed by atoms with Crippen LogP contribution in [-0.4, -0.2) is 14.9 Å². The summed E-state index contributed by atoms with van der Waals surface area (Å²) in [4.78, 5) is 0.725. The number of aryl methyl sites for hydroxylation is 1. The Morgan fingerprint density at radius 3 is 3.00 bits per heavy atom. The molecule has 104 valence electrons. The van der Waals surface area contributed by atoms with Gasteiger partial charge in [-0.15, -0.1) is 11.3 Å². The third-order valence-corrected chi connectivity index (χ3v) is 4.62. The van der Waals surface area contributed by atoms with Crippen LogP contribution in [0.5, 0.6) is 0 Å². The highest BCUT2D eigenvalue weighted by Gasteiger charge is 2.21. The zero-order valence-corrected chi connectivity index (χ0v) is 12.2. The van der Waals surface area contributed by atoms with Crippen LogP contribution < -0.4 is 0 Å². The van der Waals surface area contributed by atoms with Gasteiger partial charge >= 0.3 is 0 Å². The zero-order chi connectivity index (χ0) is 14.3. The predicted octanol–water partition coefficient (Wildman–Crippen LogP) is 3.99. The Kier molecular flexibility index (Phi) is 3.50. The molecule has 0 spiro atoms. The molecule has 0 aliphatic rings. The molecule has 1 unspecified atom stereocenters. The van der Waals surface area contributed by atoms with Gasteiger partial charge < -0.3 is 5.11 Å². The fourth-order valence-corrected chi connectivity index (χ4v) is 3.48. The van der Waals surface area contributed by atoms with Crippen LogP contribution in [0.15, 0.2) is 30.5 Å². The van der Waals surface area contributed by atoms with E-state index < -0.39 is 6.10 Å². The van der Waals surface area contributed by atoms with Gasteiger partial charge in [0.1, 0.15) is 11.9 Å². The van der Waals surface area contributed by atoms with Crippen molar-refractivity contribution in [1.29, 1.82) is 0 Å². The summed E-state index contributed by atoms with van der Waals surface area (Å²) in [6.07, 6.45) is 0.668. The first-order chi connectivity index (χ1) is 9.60. The topological polar surface area (TPSA) is 38.0 Å².